The Kier molecular flexibility index (Phi) is 14.0. The van der Waals surface area contributed by atoms with Crippen LogP contribution >= 0.6 is 0 Å². The zero-order chi connectivity index (χ0) is 46.5. The van der Waals surface area contributed by atoms with Crippen molar-refractivity contribution in [1.82, 2.24) is 24.5 Å². The van der Waals surface area contributed by atoms with Gasteiger partial charge in [0.05, 0.1) is 34.7 Å². The van der Waals surface area contributed by atoms with E-state index in [9.17, 15) is 23.1 Å². The maximum absolute atomic E-state index is 13.7. The summed E-state index contributed by atoms with van der Waals surface area (Å²) in [6.07, 6.45) is 0.863. The van der Waals surface area contributed by atoms with Crippen molar-refractivity contribution < 1.29 is 27.8 Å². The Labute approximate surface area is 391 Å². The van der Waals surface area contributed by atoms with Gasteiger partial charge in [-0.1, -0.05) is 134 Å². The molecule has 9 rings (SSSR count). The van der Waals surface area contributed by atoms with Crippen molar-refractivity contribution in [1.29, 1.82) is 0 Å². The minimum absolute atomic E-state index is 0.0229. The van der Waals surface area contributed by atoms with Crippen molar-refractivity contribution in [2.45, 2.75) is 81.7 Å². The van der Waals surface area contributed by atoms with Gasteiger partial charge in [-0.15, -0.1) is 0 Å². The topological polar surface area (TPSA) is 155 Å². The molecule has 0 saturated carbocycles. The number of aromatic nitrogens is 2. The number of hydrogen-bond donors (Lipinski definition) is 4. The molecule has 2 aliphatic heterocycles. The summed E-state index contributed by atoms with van der Waals surface area (Å²) < 4.78 is 45.1. The molecule has 13 heteroatoms. The van der Waals surface area contributed by atoms with Gasteiger partial charge in [0.25, 0.3) is 0 Å². The van der Waals surface area contributed by atoms with Gasteiger partial charge in [0.15, 0.2) is 6.29 Å². The first-order valence-electron chi connectivity index (χ1n) is 23.0. The number of sulfonamides is 1. The molecular weight excluding hydrogens is 863 g/mol. The number of para-hydroxylation sites is 2. The van der Waals surface area contributed by atoms with Crippen LogP contribution in [0.4, 0.5) is 0 Å². The summed E-state index contributed by atoms with van der Waals surface area (Å²) in [5, 5.41) is 12.7. The van der Waals surface area contributed by atoms with Gasteiger partial charge in [-0.2, -0.15) is 4.72 Å². The number of aryl methyl sites for hydroxylation is 1. The first-order valence-corrected chi connectivity index (χ1v) is 24.5. The van der Waals surface area contributed by atoms with Crippen LogP contribution in [0.3, 0.4) is 0 Å². The third-order valence-corrected chi connectivity index (χ3v) is 14.7. The average Bonchev–Trinajstić information content (AvgIpc) is 3.70. The smallest absolute Gasteiger partial charge is 0.326 e. The summed E-state index contributed by atoms with van der Waals surface area (Å²) >= 11 is 0. The lowest BCUT2D eigenvalue weighted by molar-refractivity contribution is -0.276. The fourth-order valence-electron chi connectivity index (χ4n) is 9.40. The number of aliphatic hydroxyl groups excluding tert-OH is 1. The van der Waals surface area contributed by atoms with E-state index in [1.807, 2.05) is 139 Å². The van der Waals surface area contributed by atoms with E-state index in [4.69, 9.17) is 9.47 Å². The SMILES string of the molecule is Cc1ccc(S(=O)(=O)N[C@H](Cc2ccccc2)C(=O)NCc2cccc(-c3ccc([C@@H]4O[C@H](CN5CCC(n6c(=O)[nH]c7ccccc76)CC5)[C@H](C)[C@H](c5ccc(CO)cc5)O4)cc3)c2)cc1. The number of rotatable bonds is 15. The zero-order valence-corrected chi connectivity index (χ0v) is 38.6. The van der Waals surface area contributed by atoms with Crippen molar-refractivity contribution in [2.75, 3.05) is 19.6 Å². The second-order valence-corrected chi connectivity index (χ2v) is 19.6. The Bertz CT molecular complexity index is 2950. The van der Waals surface area contributed by atoms with E-state index in [0.717, 1.165) is 88.0 Å². The number of piperidine rings is 1. The van der Waals surface area contributed by atoms with Gasteiger partial charge in [-0.05, 0) is 89.9 Å². The molecule has 0 bridgehead atoms. The highest BCUT2D eigenvalue weighted by Crippen LogP contribution is 2.42. The fourth-order valence-corrected chi connectivity index (χ4v) is 10.6. The number of likely N-dealkylation sites (tertiary alicyclic amines) is 1. The number of nitrogens with zero attached hydrogens (tertiary/aromatic N) is 2. The van der Waals surface area contributed by atoms with Crippen LogP contribution in [-0.4, -0.2) is 65.7 Å². The molecule has 67 heavy (non-hydrogen) atoms. The number of imidazole rings is 1. The molecule has 0 spiro atoms. The maximum atomic E-state index is 13.7. The van der Waals surface area contributed by atoms with Crippen LogP contribution in [0.1, 0.15) is 71.6 Å². The number of hydrogen-bond acceptors (Lipinski definition) is 8. The van der Waals surface area contributed by atoms with Gasteiger partial charge in [0.1, 0.15) is 6.04 Å². The molecule has 1 amide bonds. The molecule has 346 valence electrons. The summed E-state index contributed by atoms with van der Waals surface area (Å²) in [5.74, 6) is -0.404. The van der Waals surface area contributed by atoms with Crippen LogP contribution in [0, 0.1) is 12.8 Å². The maximum Gasteiger partial charge on any atom is 0.326 e. The number of carbonyl (C=O) groups excluding carboxylic acids is 1. The summed E-state index contributed by atoms with van der Waals surface area (Å²) in [5.41, 5.74) is 9.04. The quantitative estimate of drug-likeness (QED) is 0.0804. The number of fused-ring (bicyclic) bond motifs is 1. The van der Waals surface area contributed by atoms with Crippen LogP contribution in [0.25, 0.3) is 22.2 Å². The largest absolute Gasteiger partial charge is 0.392 e. The molecule has 1 aromatic heterocycles. The minimum Gasteiger partial charge on any atom is -0.392 e. The molecule has 5 atom stereocenters. The highest BCUT2D eigenvalue weighted by molar-refractivity contribution is 7.89. The third kappa shape index (κ3) is 10.7. The highest BCUT2D eigenvalue weighted by atomic mass is 32.2. The normalized spacial score (nSPS) is 19.9. The van der Waals surface area contributed by atoms with Crippen molar-refractivity contribution in [3.63, 3.8) is 0 Å². The van der Waals surface area contributed by atoms with E-state index in [-0.39, 0.29) is 54.3 Å². The number of carbonyl (C=O) groups is 1. The molecular formula is C54H57N5O7S. The standard InChI is InChI=1S/C54H57N5O7S/c1-36-15-25-46(26-16-36)67(63,64)57-48(32-38-9-4-3-5-10-38)52(61)55-33-40-11-8-12-44(31-40)41-21-23-43(24-22-41)53-65-50(37(2)51(66-53)42-19-17-39(35-60)18-20-42)34-58-29-27-45(28-30-58)59-49-14-7-6-13-47(49)56-54(59)62/h3-26,31,37,45,48,50-51,53,57,60H,27-30,32-35H2,1-2H3,(H,55,61)(H,56,62)/t37-,48+,50+,51+,53+/m0/s1. The van der Waals surface area contributed by atoms with Crippen LogP contribution < -0.4 is 15.7 Å². The number of benzene rings is 6. The van der Waals surface area contributed by atoms with E-state index in [1.165, 1.54) is 0 Å². The molecule has 6 aromatic carbocycles. The van der Waals surface area contributed by atoms with Crippen LogP contribution in [0.15, 0.2) is 161 Å². The highest BCUT2D eigenvalue weighted by Gasteiger charge is 2.40. The van der Waals surface area contributed by atoms with E-state index in [2.05, 4.69) is 26.8 Å². The molecule has 0 unspecified atom stereocenters. The van der Waals surface area contributed by atoms with Gasteiger partial charge in [0, 0.05) is 43.7 Å². The first-order chi connectivity index (χ1) is 32.5. The van der Waals surface area contributed by atoms with Crippen LogP contribution in [0.2, 0.25) is 0 Å². The Balaban J connectivity index is 0.878. The lowest BCUT2D eigenvalue weighted by Crippen LogP contribution is -2.47. The second-order valence-electron chi connectivity index (χ2n) is 17.9. The van der Waals surface area contributed by atoms with Crippen molar-refractivity contribution >= 4 is 27.0 Å². The van der Waals surface area contributed by atoms with Crippen molar-refractivity contribution in [3.05, 3.63) is 196 Å². The first kappa shape index (κ1) is 45.9. The molecule has 2 fully saturated rings. The average molecular weight is 920 g/mol. The van der Waals surface area contributed by atoms with E-state index >= 15 is 0 Å². The van der Waals surface area contributed by atoms with Gasteiger partial charge < -0.3 is 29.8 Å². The monoisotopic (exact) mass is 919 g/mol. The molecule has 4 N–H and O–H groups in total. The van der Waals surface area contributed by atoms with Gasteiger partial charge >= 0.3 is 5.69 Å². The van der Waals surface area contributed by atoms with E-state index in [0.29, 0.717) is 0 Å². The minimum atomic E-state index is -3.98. The molecule has 2 aliphatic rings. The molecule has 3 heterocycles. The number of ether oxygens (including phenoxy) is 2. The fraction of sp³-hybridized carbons (Fsp3) is 0.296. The second kappa shape index (κ2) is 20.4. The zero-order valence-electron chi connectivity index (χ0n) is 37.8. The van der Waals surface area contributed by atoms with Gasteiger partial charge in [0.2, 0.25) is 15.9 Å². The Morgan fingerprint density at radius 1 is 0.776 bits per heavy atom. The molecule has 2 saturated heterocycles. The van der Waals surface area contributed by atoms with E-state index in [1.54, 1.807) is 24.3 Å². The number of nitrogens with one attached hydrogen (secondary N) is 3. The lowest BCUT2D eigenvalue weighted by Gasteiger charge is -2.44. The summed E-state index contributed by atoms with van der Waals surface area (Å²) in [6.45, 7) is 6.62. The van der Waals surface area contributed by atoms with Crippen LogP contribution in [0.5, 0.6) is 0 Å². The number of aromatic amines is 1. The molecule has 12 nitrogen and oxygen atoms in total. The number of aliphatic hydroxyl groups is 1. The summed E-state index contributed by atoms with van der Waals surface area (Å²) in [6, 6.07) is 46.9. The predicted octanol–water partition coefficient (Wildman–Crippen LogP) is 8.13. The molecule has 0 aliphatic carbocycles. The summed E-state index contributed by atoms with van der Waals surface area (Å²) in [7, 11) is -3.98. The Hall–Kier alpha value is -6.19. The number of amides is 1. The van der Waals surface area contributed by atoms with Gasteiger partial charge in [-0.3, -0.25) is 9.36 Å². The third-order valence-electron chi connectivity index (χ3n) is 13.2. The summed E-state index contributed by atoms with van der Waals surface area (Å²) in [4.78, 5) is 32.3. The molecule has 7 aromatic rings. The number of H-pyrrole nitrogens is 1. The van der Waals surface area contributed by atoms with E-state index < -0.39 is 28.3 Å². The lowest BCUT2D eigenvalue weighted by atomic mass is 9.89. The van der Waals surface area contributed by atoms with Crippen molar-refractivity contribution in [3.8, 4) is 11.1 Å². The van der Waals surface area contributed by atoms with Crippen molar-refractivity contribution in [2.24, 2.45) is 5.92 Å². The Morgan fingerprint density at radius 2 is 1.46 bits per heavy atom. The Morgan fingerprint density at radius 3 is 2.19 bits per heavy atom. The van der Waals surface area contributed by atoms with Crippen LogP contribution in [-0.2, 0) is 43.9 Å². The van der Waals surface area contributed by atoms with Gasteiger partial charge in [-0.25, -0.2) is 13.2 Å². The molecule has 0 radical (unpaired) electrons. The predicted molar refractivity (Wildman–Crippen MR) is 259 cm³/mol.